The van der Waals surface area contributed by atoms with Gasteiger partial charge in [0.1, 0.15) is 5.75 Å². The Morgan fingerprint density at radius 1 is 1.28 bits per heavy atom. The first-order valence-electron chi connectivity index (χ1n) is 9.79. The third-order valence-electron chi connectivity index (χ3n) is 5.55. The van der Waals surface area contributed by atoms with E-state index in [1.165, 1.54) is 16.6 Å². The highest BCUT2D eigenvalue weighted by molar-refractivity contribution is 7.88. The number of nitrogens with one attached hydrogen (secondary N) is 2. The van der Waals surface area contributed by atoms with Crippen LogP contribution in [0.15, 0.2) is 18.2 Å². The fraction of sp³-hybridized carbons (Fsp3) is 0.632. The molecular weight excluding hydrogens is 404 g/mol. The molecule has 0 spiro atoms. The second-order valence-corrected chi connectivity index (χ2v) is 9.63. The monoisotopic (exact) mass is 431 g/mol. The number of halogens is 2. The summed E-state index contributed by atoms with van der Waals surface area (Å²) in [4.78, 5) is 12.3. The molecule has 10 heteroatoms. The molecule has 162 valence electrons. The lowest BCUT2D eigenvalue weighted by Crippen LogP contribution is -2.44. The van der Waals surface area contributed by atoms with Crippen LogP contribution in [0.1, 0.15) is 42.9 Å². The van der Waals surface area contributed by atoms with Crippen molar-refractivity contribution in [2.75, 3.05) is 25.9 Å². The number of rotatable bonds is 6. The van der Waals surface area contributed by atoms with Gasteiger partial charge >= 0.3 is 12.6 Å². The van der Waals surface area contributed by atoms with Crippen molar-refractivity contribution in [3.63, 3.8) is 0 Å². The molecule has 1 atom stereocenters. The molecule has 0 bridgehead atoms. The minimum atomic E-state index is -3.15. The van der Waals surface area contributed by atoms with Gasteiger partial charge in [0.2, 0.25) is 10.0 Å². The van der Waals surface area contributed by atoms with E-state index < -0.39 is 16.6 Å². The normalized spacial score (nSPS) is 20.9. The fourth-order valence-corrected chi connectivity index (χ4v) is 4.88. The third-order valence-corrected chi connectivity index (χ3v) is 6.86. The second kappa shape index (κ2) is 9.25. The smallest absolute Gasteiger partial charge is 0.387 e. The summed E-state index contributed by atoms with van der Waals surface area (Å²) in [6.45, 7) is -1.41. The number of sulfonamides is 1. The minimum Gasteiger partial charge on any atom is -0.435 e. The van der Waals surface area contributed by atoms with E-state index in [9.17, 15) is 22.0 Å². The quantitative estimate of drug-likeness (QED) is 0.725. The van der Waals surface area contributed by atoms with Crippen LogP contribution in [0.4, 0.5) is 13.6 Å². The molecule has 2 N–H and O–H groups in total. The van der Waals surface area contributed by atoms with Crippen LogP contribution < -0.4 is 15.4 Å². The van der Waals surface area contributed by atoms with E-state index in [2.05, 4.69) is 15.4 Å². The van der Waals surface area contributed by atoms with Crippen LogP contribution in [0.25, 0.3) is 0 Å². The van der Waals surface area contributed by atoms with Gasteiger partial charge < -0.3 is 15.4 Å². The van der Waals surface area contributed by atoms with Gasteiger partial charge in [-0.05, 0) is 61.3 Å². The summed E-state index contributed by atoms with van der Waals surface area (Å²) in [7, 11) is -3.15. The first-order chi connectivity index (χ1) is 13.7. The lowest BCUT2D eigenvalue weighted by Gasteiger charge is -2.31. The van der Waals surface area contributed by atoms with Gasteiger partial charge in [-0.2, -0.15) is 8.78 Å². The van der Waals surface area contributed by atoms with E-state index in [-0.39, 0.29) is 23.7 Å². The highest BCUT2D eigenvalue weighted by Crippen LogP contribution is 2.32. The van der Waals surface area contributed by atoms with Gasteiger partial charge in [-0.25, -0.2) is 17.5 Å². The molecule has 1 saturated heterocycles. The molecule has 0 radical (unpaired) electrons. The van der Waals surface area contributed by atoms with Crippen molar-refractivity contribution in [3.05, 3.63) is 29.3 Å². The Balaban J connectivity index is 1.49. The van der Waals surface area contributed by atoms with E-state index in [1.807, 2.05) is 0 Å². The van der Waals surface area contributed by atoms with Gasteiger partial charge in [-0.15, -0.1) is 0 Å². The van der Waals surface area contributed by atoms with Gasteiger partial charge in [-0.1, -0.05) is 6.07 Å². The molecule has 2 amide bonds. The largest absolute Gasteiger partial charge is 0.435 e. The number of amides is 2. The first kappa shape index (κ1) is 21.8. The molecule has 1 aromatic carbocycles. The first-order valence-corrected chi connectivity index (χ1v) is 11.6. The topological polar surface area (TPSA) is 87.7 Å². The van der Waals surface area contributed by atoms with Crippen LogP contribution in [-0.2, 0) is 16.4 Å². The van der Waals surface area contributed by atoms with Crippen LogP contribution in [0.3, 0.4) is 0 Å². The molecule has 29 heavy (non-hydrogen) atoms. The number of hydrogen-bond donors (Lipinski definition) is 2. The maximum Gasteiger partial charge on any atom is 0.387 e. The minimum absolute atomic E-state index is 0.129. The SMILES string of the molecule is CS(=O)(=O)N1CCC(CNC(=O)NC2CCCc3cc(OC(F)F)ccc32)CC1. The highest BCUT2D eigenvalue weighted by atomic mass is 32.2. The molecule has 3 rings (SSSR count). The van der Waals surface area contributed by atoms with Crippen LogP contribution in [-0.4, -0.2) is 51.3 Å². The second-order valence-electron chi connectivity index (χ2n) is 7.64. The molecule has 0 saturated carbocycles. The van der Waals surface area contributed by atoms with E-state index in [1.54, 1.807) is 12.1 Å². The molecule has 1 fully saturated rings. The standard InChI is InChI=1S/C19H27F2N3O4S/c1-29(26,27)24-9-7-13(8-10-24)12-22-19(25)23-17-4-2-3-14-11-15(28-18(20)21)5-6-16(14)17/h5-6,11,13,17-18H,2-4,7-10,12H2,1H3,(H2,22,23,25). The number of carbonyl (C=O) groups excluding carboxylic acids is 1. The summed E-state index contributed by atoms with van der Waals surface area (Å²) in [5.74, 6) is 0.371. The predicted molar refractivity (Wildman–Crippen MR) is 104 cm³/mol. The van der Waals surface area contributed by atoms with Crippen molar-refractivity contribution in [2.45, 2.75) is 44.8 Å². The molecule has 1 heterocycles. The van der Waals surface area contributed by atoms with Gasteiger partial charge in [-0.3, -0.25) is 0 Å². The van der Waals surface area contributed by atoms with E-state index in [0.29, 0.717) is 32.5 Å². The summed E-state index contributed by atoms with van der Waals surface area (Å²) in [6, 6.07) is 4.40. The van der Waals surface area contributed by atoms with Crippen LogP contribution in [0.5, 0.6) is 5.75 Å². The summed E-state index contributed by atoms with van der Waals surface area (Å²) in [6.07, 6.45) is 5.03. The van der Waals surface area contributed by atoms with Crippen LogP contribution in [0.2, 0.25) is 0 Å². The van der Waals surface area contributed by atoms with Gasteiger partial charge in [0.05, 0.1) is 12.3 Å². The number of urea groups is 1. The maximum atomic E-state index is 12.4. The van der Waals surface area contributed by atoms with Gasteiger partial charge in [0.25, 0.3) is 0 Å². The molecular formula is C19H27F2N3O4S. The summed E-state index contributed by atoms with van der Waals surface area (Å²) >= 11 is 0. The van der Waals surface area contributed by atoms with Crippen molar-refractivity contribution >= 4 is 16.1 Å². The van der Waals surface area contributed by atoms with Crippen LogP contribution in [0, 0.1) is 5.92 Å². The predicted octanol–water partition coefficient (Wildman–Crippen LogP) is 2.64. The van der Waals surface area contributed by atoms with Gasteiger partial charge in [0, 0.05) is 19.6 Å². The van der Waals surface area contributed by atoms with Crippen LogP contribution >= 0.6 is 0 Å². The van der Waals surface area contributed by atoms with E-state index in [0.717, 1.165) is 30.4 Å². The fourth-order valence-electron chi connectivity index (χ4n) is 4.01. The number of nitrogens with zero attached hydrogens (tertiary/aromatic N) is 1. The van der Waals surface area contributed by atoms with Gasteiger partial charge in [0.15, 0.2) is 0 Å². The molecule has 0 aromatic heterocycles. The third kappa shape index (κ3) is 6.02. The number of piperidine rings is 1. The summed E-state index contributed by atoms with van der Waals surface area (Å²) in [5.41, 5.74) is 1.84. The molecule has 1 aliphatic heterocycles. The Morgan fingerprint density at radius 2 is 2.00 bits per heavy atom. The van der Waals surface area contributed by atoms with Crippen molar-refractivity contribution in [3.8, 4) is 5.75 Å². The molecule has 1 aliphatic carbocycles. The van der Waals surface area contributed by atoms with Crippen molar-refractivity contribution in [1.82, 2.24) is 14.9 Å². The Morgan fingerprint density at radius 3 is 2.66 bits per heavy atom. The van der Waals surface area contributed by atoms with Crippen molar-refractivity contribution in [2.24, 2.45) is 5.92 Å². The molecule has 2 aliphatic rings. The molecule has 1 unspecified atom stereocenters. The zero-order valence-electron chi connectivity index (χ0n) is 16.4. The molecule has 1 aromatic rings. The Labute approximate surface area is 169 Å². The number of ether oxygens (including phenoxy) is 1. The van der Waals surface area contributed by atoms with Crippen molar-refractivity contribution < 1.29 is 26.7 Å². The zero-order chi connectivity index (χ0) is 21.0. The zero-order valence-corrected chi connectivity index (χ0v) is 17.2. The summed E-state index contributed by atoms with van der Waals surface area (Å²) < 4.78 is 53.8. The number of fused-ring (bicyclic) bond motifs is 1. The highest BCUT2D eigenvalue weighted by Gasteiger charge is 2.26. The molecule has 7 nitrogen and oxygen atoms in total. The number of carbonyl (C=O) groups is 1. The Kier molecular flexibility index (Phi) is 6.94. The number of aryl methyl sites for hydroxylation is 1. The van der Waals surface area contributed by atoms with E-state index >= 15 is 0 Å². The maximum absolute atomic E-state index is 12.4. The lowest BCUT2D eigenvalue weighted by atomic mass is 9.87. The number of benzene rings is 1. The summed E-state index contributed by atoms with van der Waals surface area (Å²) in [5, 5.41) is 5.84. The van der Waals surface area contributed by atoms with E-state index in [4.69, 9.17) is 0 Å². The number of hydrogen-bond acceptors (Lipinski definition) is 4. The Bertz CT molecular complexity index is 827. The Hall–Kier alpha value is -1.94. The average molecular weight is 432 g/mol. The van der Waals surface area contributed by atoms with Crippen molar-refractivity contribution in [1.29, 1.82) is 0 Å². The number of alkyl halides is 2. The lowest BCUT2D eigenvalue weighted by molar-refractivity contribution is -0.0499. The average Bonchev–Trinajstić information content (AvgIpc) is 2.65.